The van der Waals surface area contributed by atoms with Crippen LogP contribution in [-0.4, -0.2) is 30.7 Å². The van der Waals surface area contributed by atoms with Gasteiger partial charge in [0.1, 0.15) is 6.54 Å². The Morgan fingerprint density at radius 2 is 2.21 bits per heavy atom. The number of methoxy groups -OCH3 is 1. The van der Waals surface area contributed by atoms with E-state index in [1.807, 2.05) is 0 Å². The molecule has 0 bridgehead atoms. The zero-order valence-electron chi connectivity index (χ0n) is 10.7. The number of amides is 1. The predicted molar refractivity (Wildman–Crippen MR) is 70.0 cm³/mol. The first-order chi connectivity index (χ1) is 9.22. The first-order valence-electron chi connectivity index (χ1n) is 6.06. The van der Waals surface area contributed by atoms with Crippen molar-refractivity contribution in [3.63, 3.8) is 0 Å². The number of hydrogen-bond donors (Lipinski definition) is 1. The number of carbonyl (C=O) groups excluding carboxylic acids is 1. The van der Waals surface area contributed by atoms with Gasteiger partial charge in [-0.25, -0.2) is 4.79 Å². The third-order valence-corrected chi connectivity index (χ3v) is 2.72. The van der Waals surface area contributed by atoms with Crippen molar-refractivity contribution in [2.24, 2.45) is 0 Å². The fourth-order valence-corrected chi connectivity index (χ4v) is 1.81. The molecule has 0 aliphatic carbocycles. The van der Waals surface area contributed by atoms with Gasteiger partial charge < -0.3 is 14.5 Å². The molecule has 2 rings (SSSR count). The Morgan fingerprint density at radius 3 is 3.00 bits per heavy atom. The van der Waals surface area contributed by atoms with Crippen LogP contribution >= 0.6 is 0 Å². The molecule has 2 aromatic rings. The van der Waals surface area contributed by atoms with Crippen LogP contribution in [0.25, 0.3) is 11.1 Å². The highest BCUT2D eigenvalue weighted by Gasteiger charge is 2.11. The minimum Gasteiger partial charge on any atom is -0.408 e. The van der Waals surface area contributed by atoms with E-state index in [2.05, 4.69) is 5.32 Å². The molecule has 0 fully saturated rings. The third-order valence-electron chi connectivity index (χ3n) is 2.72. The van der Waals surface area contributed by atoms with Gasteiger partial charge in [0.05, 0.1) is 5.52 Å². The monoisotopic (exact) mass is 264 g/mol. The number of benzene rings is 1. The molecule has 1 amide bonds. The van der Waals surface area contributed by atoms with Crippen LogP contribution in [0.2, 0.25) is 0 Å². The van der Waals surface area contributed by atoms with Crippen LogP contribution in [0.15, 0.2) is 33.5 Å². The number of ether oxygens (including phenoxy) is 1. The molecular formula is C13H16N2O4. The Bertz CT molecular complexity index is 614. The summed E-state index contributed by atoms with van der Waals surface area (Å²) in [4.78, 5) is 23.4. The maximum atomic E-state index is 11.7. The summed E-state index contributed by atoms with van der Waals surface area (Å²) < 4.78 is 11.3. The van der Waals surface area contributed by atoms with E-state index in [1.165, 1.54) is 4.57 Å². The highest BCUT2D eigenvalue weighted by molar-refractivity contribution is 5.79. The van der Waals surface area contributed by atoms with Crippen molar-refractivity contribution in [2.75, 3.05) is 20.3 Å². The quantitative estimate of drug-likeness (QED) is 0.781. The van der Waals surface area contributed by atoms with Crippen LogP contribution in [0.4, 0.5) is 0 Å². The van der Waals surface area contributed by atoms with Crippen LogP contribution in [0.3, 0.4) is 0 Å². The fraction of sp³-hybridized carbons (Fsp3) is 0.385. The van der Waals surface area contributed by atoms with Crippen molar-refractivity contribution in [2.45, 2.75) is 13.0 Å². The van der Waals surface area contributed by atoms with Gasteiger partial charge in [-0.1, -0.05) is 12.1 Å². The smallest absolute Gasteiger partial charge is 0.408 e. The Labute approximate surface area is 110 Å². The maximum Gasteiger partial charge on any atom is 0.420 e. The van der Waals surface area contributed by atoms with Crippen molar-refractivity contribution < 1.29 is 13.9 Å². The fourth-order valence-electron chi connectivity index (χ4n) is 1.81. The third kappa shape index (κ3) is 3.23. The van der Waals surface area contributed by atoms with Crippen LogP contribution in [0, 0.1) is 0 Å². The standard InChI is InChI=1S/C13H16N2O4/c1-18-8-4-7-14-12(16)9-15-10-5-2-3-6-11(10)19-13(15)17/h2-3,5-6H,4,7-9H2,1H3,(H,14,16). The normalized spacial score (nSPS) is 10.8. The van der Waals surface area contributed by atoms with E-state index in [4.69, 9.17) is 9.15 Å². The van der Waals surface area contributed by atoms with Crippen LogP contribution in [0.1, 0.15) is 6.42 Å². The van der Waals surface area contributed by atoms with Crippen molar-refractivity contribution in [3.8, 4) is 0 Å². The molecular weight excluding hydrogens is 248 g/mol. The van der Waals surface area contributed by atoms with Gasteiger partial charge in [0.2, 0.25) is 5.91 Å². The second-order valence-electron chi connectivity index (χ2n) is 4.12. The Kier molecular flexibility index (Phi) is 4.35. The van der Waals surface area contributed by atoms with E-state index in [1.54, 1.807) is 31.4 Å². The molecule has 19 heavy (non-hydrogen) atoms. The summed E-state index contributed by atoms with van der Waals surface area (Å²) in [6.45, 7) is 1.08. The van der Waals surface area contributed by atoms with Crippen LogP contribution in [0.5, 0.6) is 0 Å². The van der Waals surface area contributed by atoms with Gasteiger partial charge in [-0.2, -0.15) is 0 Å². The van der Waals surface area contributed by atoms with E-state index in [-0.39, 0.29) is 12.5 Å². The highest BCUT2D eigenvalue weighted by Crippen LogP contribution is 2.11. The number of nitrogens with zero attached hydrogens (tertiary/aromatic N) is 1. The molecule has 1 heterocycles. The summed E-state index contributed by atoms with van der Waals surface area (Å²) >= 11 is 0. The molecule has 0 aliphatic heterocycles. The number of fused-ring (bicyclic) bond motifs is 1. The Balaban J connectivity index is 2.03. The lowest BCUT2D eigenvalue weighted by atomic mass is 10.3. The van der Waals surface area contributed by atoms with Crippen molar-refractivity contribution in [1.82, 2.24) is 9.88 Å². The molecule has 6 nitrogen and oxygen atoms in total. The average Bonchev–Trinajstić information content (AvgIpc) is 2.72. The summed E-state index contributed by atoms with van der Waals surface area (Å²) in [5.41, 5.74) is 1.11. The molecule has 0 unspecified atom stereocenters. The lowest BCUT2D eigenvalue weighted by Crippen LogP contribution is -2.31. The zero-order chi connectivity index (χ0) is 13.7. The lowest BCUT2D eigenvalue weighted by molar-refractivity contribution is -0.121. The second-order valence-corrected chi connectivity index (χ2v) is 4.12. The van der Waals surface area contributed by atoms with Gasteiger partial charge in [-0.15, -0.1) is 0 Å². The van der Waals surface area contributed by atoms with E-state index < -0.39 is 5.76 Å². The first kappa shape index (κ1) is 13.4. The van der Waals surface area contributed by atoms with E-state index in [9.17, 15) is 9.59 Å². The summed E-state index contributed by atoms with van der Waals surface area (Å²) in [5, 5.41) is 2.73. The van der Waals surface area contributed by atoms with Gasteiger partial charge in [0.25, 0.3) is 0 Å². The molecule has 1 aromatic heterocycles. The molecule has 0 saturated carbocycles. The molecule has 1 N–H and O–H groups in total. The number of rotatable bonds is 6. The molecule has 0 saturated heterocycles. The molecule has 102 valence electrons. The number of nitrogens with one attached hydrogen (secondary N) is 1. The average molecular weight is 264 g/mol. The summed E-state index contributed by atoms with van der Waals surface area (Å²) in [7, 11) is 1.61. The summed E-state index contributed by atoms with van der Waals surface area (Å²) in [5.74, 6) is -0.738. The van der Waals surface area contributed by atoms with Gasteiger partial charge in [0.15, 0.2) is 5.58 Å². The number of hydrogen-bond acceptors (Lipinski definition) is 4. The van der Waals surface area contributed by atoms with Crippen molar-refractivity contribution >= 4 is 17.0 Å². The number of carbonyl (C=O) groups is 1. The lowest BCUT2D eigenvalue weighted by Gasteiger charge is -2.05. The van der Waals surface area contributed by atoms with E-state index in [0.29, 0.717) is 24.3 Å². The molecule has 0 aliphatic rings. The first-order valence-corrected chi connectivity index (χ1v) is 6.06. The van der Waals surface area contributed by atoms with E-state index >= 15 is 0 Å². The molecule has 1 aromatic carbocycles. The Hall–Kier alpha value is -2.08. The minimum atomic E-state index is -0.520. The van der Waals surface area contributed by atoms with Gasteiger partial charge in [0, 0.05) is 20.3 Å². The topological polar surface area (TPSA) is 73.5 Å². The van der Waals surface area contributed by atoms with Gasteiger partial charge >= 0.3 is 5.76 Å². The van der Waals surface area contributed by atoms with E-state index in [0.717, 1.165) is 6.42 Å². The van der Waals surface area contributed by atoms with Crippen LogP contribution < -0.4 is 11.1 Å². The minimum absolute atomic E-state index is 0.0389. The number of para-hydroxylation sites is 2. The van der Waals surface area contributed by atoms with Gasteiger partial charge in [-0.3, -0.25) is 9.36 Å². The highest BCUT2D eigenvalue weighted by atomic mass is 16.5. The Morgan fingerprint density at radius 1 is 1.42 bits per heavy atom. The summed E-state index contributed by atoms with van der Waals surface area (Å²) in [6, 6.07) is 7.02. The van der Waals surface area contributed by atoms with Crippen LogP contribution in [-0.2, 0) is 16.1 Å². The molecule has 0 spiro atoms. The molecule has 6 heteroatoms. The summed E-state index contributed by atoms with van der Waals surface area (Å²) in [6.07, 6.45) is 0.739. The van der Waals surface area contributed by atoms with Crippen molar-refractivity contribution in [3.05, 3.63) is 34.8 Å². The second kappa shape index (κ2) is 6.19. The largest absolute Gasteiger partial charge is 0.420 e. The van der Waals surface area contributed by atoms with Crippen molar-refractivity contribution in [1.29, 1.82) is 0 Å². The number of oxazole rings is 1. The molecule has 0 atom stereocenters. The predicted octanol–water partition coefficient (Wildman–Crippen LogP) is 0.747. The SMILES string of the molecule is COCCCNC(=O)Cn1c(=O)oc2ccccc21. The maximum absolute atomic E-state index is 11.7. The molecule has 0 radical (unpaired) electrons. The zero-order valence-corrected chi connectivity index (χ0v) is 10.7. The number of aromatic nitrogens is 1. The van der Waals surface area contributed by atoms with Gasteiger partial charge in [-0.05, 0) is 18.6 Å².